The molecule has 2 aromatic rings. The Morgan fingerprint density at radius 3 is 2.85 bits per heavy atom. The van der Waals surface area contributed by atoms with Gasteiger partial charge in [-0.15, -0.1) is 0 Å². The van der Waals surface area contributed by atoms with Crippen LogP contribution < -0.4 is 5.32 Å². The molecule has 2 aliphatic carbocycles. The van der Waals surface area contributed by atoms with E-state index in [1.54, 1.807) is 0 Å². The smallest absolute Gasteiger partial charge is 0.340 e. The van der Waals surface area contributed by atoms with E-state index in [9.17, 15) is 14.0 Å². The molecule has 0 radical (unpaired) electrons. The number of hydrogen-bond donors (Lipinski definition) is 1. The van der Waals surface area contributed by atoms with Gasteiger partial charge in [0.15, 0.2) is 6.61 Å². The van der Waals surface area contributed by atoms with E-state index in [1.807, 2.05) is 6.92 Å². The zero-order valence-corrected chi connectivity index (χ0v) is 14.2. The summed E-state index contributed by atoms with van der Waals surface area (Å²) >= 11 is 0. The number of ether oxygens (including phenoxy) is 1. The summed E-state index contributed by atoms with van der Waals surface area (Å²) in [5, 5.41) is 6.44. The van der Waals surface area contributed by atoms with Crippen LogP contribution >= 0.6 is 0 Å². The van der Waals surface area contributed by atoms with Gasteiger partial charge in [-0.3, -0.25) is 4.79 Å². The average molecular weight is 359 g/mol. The fourth-order valence-electron chi connectivity index (χ4n) is 2.74. The topological polar surface area (TPSA) is 94.3 Å². The maximum atomic E-state index is 13.6. The summed E-state index contributed by atoms with van der Waals surface area (Å²) in [7, 11) is 0. The number of rotatable bonds is 6. The van der Waals surface area contributed by atoms with E-state index in [0.29, 0.717) is 17.7 Å². The van der Waals surface area contributed by atoms with E-state index in [4.69, 9.17) is 9.26 Å². The predicted octanol–water partition coefficient (Wildman–Crippen LogP) is 3.04. The van der Waals surface area contributed by atoms with Gasteiger partial charge in [-0.25, -0.2) is 9.18 Å². The van der Waals surface area contributed by atoms with Crippen molar-refractivity contribution >= 4 is 17.6 Å². The van der Waals surface area contributed by atoms with Crippen molar-refractivity contribution < 1.29 is 23.2 Å². The molecular weight excluding hydrogens is 341 g/mol. The fourth-order valence-corrected chi connectivity index (χ4v) is 2.74. The summed E-state index contributed by atoms with van der Waals surface area (Å²) in [6, 6.07) is 3.58. The van der Waals surface area contributed by atoms with Crippen molar-refractivity contribution in [2.45, 2.75) is 38.7 Å². The van der Waals surface area contributed by atoms with Gasteiger partial charge >= 0.3 is 5.97 Å². The first-order valence-electron chi connectivity index (χ1n) is 8.61. The van der Waals surface area contributed by atoms with Gasteiger partial charge in [0.25, 0.3) is 0 Å². The van der Waals surface area contributed by atoms with Crippen LogP contribution in [0, 0.1) is 17.7 Å². The number of carbonyl (C=O) groups is 2. The number of nitrogens with one attached hydrogen (secondary N) is 1. The first-order chi connectivity index (χ1) is 12.5. The number of amides is 1. The second kappa shape index (κ2) is 6.51. The van der Waals surface area contributed by atoms with Crippen molar-refractivity contribution in [2.75, 3.05) is 5.32 Å². The van der Waals surface area contributed by atoms with Crippen LogP contribution in [-0.4, -0.2) is 22.0 Å². The number of anilines is 1. The molecule has 4 rings (SSSR count). The van der Waals surface area contributed by atoms with E-state index in [1.165, 1.54) is 12.1 Å². The van der Waals surface area contributed by atoms with Crippen molar-refractivity contribution in [3.8, 4) is 0 Å². The lowest BCUT2D eigenvalue weighted by Gasteiger charge is -2.10. The molecule has 136 valence electrons. The third kappa shape index (κ3) is 3.58. The molecule has 1 aromatic carbocycles. The summed E-state index contributed by atoms with van der Waals surface area (Å²) in [6.07, 6.45) is 2.86. The van der Waals surface area contributed by atoms with Crippen molar-refractivity contribution in [2.24, 2.45) is 11.8 Å². The number of esters is 1. The molecule has 1 amide bonds. The van der Waals surface area contributed by atoms with Crippen LogP contribution in [-0.2, 0) is 16.1 Å². The molecule has 7 nitrogen and oxygen atoms in total. The van der Waals surface area contributed by atoms with E-state index in [0.717, 1.165) is 25.3 Å². The maximum absolute atomic E-state index is 13.6. The van der Waals surface area contributed by atoms with E-state index in [2.05, 4.69) is 15.5 Å². The van der Waals surface area contributed by atoms with E-state index >= 15 is 0 Å². The summed E-state index contributed by atoms with van der Waals surface area (Å²) in [4.78, 5) is 28.6. The van der Waals surface area contributed by atoms with Gasteiger partial charge in [-0.05, 0) is 43.4 Å². The van der Waals surface area contributed by atoms with Gasteiger partial charge < -0.3 is 14.6 Å². The molecule has 2 fully saturated rings. The standard InChI is InChI=1S/C18H18FN3O4/c1-9-6-12(9)16(23)20-14-5-4-11(19)7-13(14)18(24)25-8-15-21-17(26-22-15)10-2-3-10/h4-5,7,9-10,12H,2-3,6,8H2,1H3,(H,20,23). The Morgan fingerprint density at radius 1 is 1.38 bits per heavy atom. The quantitative estimate of drug-likeness (QED) is 0.797. The molecule has 0 aliphatic heterocycles. The minimum atomic E-state index is -0.763. The number of nitrogens with zero attached hydrogens (tertiary/aromatic N) is 2. The SMILES string of the molecule is CC1CC1C(=O)Nc1ccc(F)cc1C(=O)OCc1noc(C2CC2)n1. The molecule has 1 N–H and O–H groups in total. The van der Waals surface area contributed by atoms with Crippen LogP contribution in [0.4, 0.5) is 10.1 Å². The Hall–Kier alpha value is -2.77. The Balaban J connectivity index is 1.43. The molecule has 26 heavy (non-hydrogen) atoms. The van der Waals surface area contributed by atoms with Crippen LogP contribution in [0.1, 0.15) is 54.2 Å². The monoisotopic (exact) mass is 359 g/mol. The largest absolute Gasteiger partial charge is 0.454 e. The Kier molecular flexibility index (Phi) is 4.18. The number of aromatic nitrogens is 2. The van der Waals surface area contributed by atoms with E-state index < -0.39 is 11.8 Å². The minimum absolute atomic E-state index is 0.0439. The first kappa shape index (κ1) is 16.7. The highest BCUT2D eigenvalue weighted by atomic mass is 19.1. The van der Waals surface area contributed by atoms with Crippen molar-refractivity contribution in [3.63, 3.8) is 0 Å². The first-order valence-corrected chi connectivity index (χ1v) is 8.61. The maximum Gasteiger partial charge on any atom is 0.340 e. The van der Waals surface area contributed by atoms with Crippen LogP contribution in [0.5, 0.6) is 0 Å². The zero-order chi connectivity index (χ0) is 18.3. The van der Waals surface area contributed by atoms with E-state index in [-0.39, 0.29) is 35.5 Å². The van der Waals surface area contributed by atoms with Crippen LogP contribution in [0.3, 0.4) is 0 Å². The number of halogens is 1. The van der Waals surface area contributed by atoms with Gasteiger partial charge in [-0.2, -0.15) is 4.98 Å². The molecule has 1 heterocycles. The predicted molar refractivity (Wildman–Crippen MR) is 87.7 cm³/mol. The Morgan fingerprint density at radius 2 is 2.15 bits per heavy atom. The van der Waals surface area contributed by atoms with Crippen molar-refractivity contribution in [1.82, 2.24) is 10.1 Å². The molecule has 2 unspecified atom stereocenters. The summed E-state index contributed by atoms with van der Waals surface area (Å²) in [5.74, 6) is -0.157. The molecule has 0 bridgehead atoms. The second-order valence-corrected chi connectivity index (χ2v) is 6.90. The van der Waals surface area contributed by atoms with Crippen molar-refractivity contribution in [1.29, 1.82) is 0 Å². The molecular formula is C18H18FN3O4. The lowest BCUT2D eigenvalue weighted by molar-refractivity contribution is -0.117. The van der Waals surface area contributed by atoms with Gasteiger partial charge in [-0.1, -0.05) is 12.1 Å². The molecule has 2 atom stereocenters. The normalized spacial score (nSPS) is 21.3. The van der Waals surface area contributed by atoms with Crippen LogP contribution in [0.25, 0.3) is 0 Å². The average Bonchev–Trinajstić information content (AvgIpc) is 3.54. The molecule has 8 heteroatoms. The zero-order valence-electron chi connectivity index (χ0n) is 14.2. The van der Waals surface area contributed by atoms with Gasteiger partial charge in [0.05, 0.1) is 11.3 Å². The molecule has 1 aromatic heterocycles. The highest BCUT2D eigenvalue weighted by Gasteiger charge is 2.39. The highest BCUT2D eigenvalue weighted by Crippen LogP contribution is 2.39. The summed E-state index contributed by atoms with van der Waals surface area (Å²) < 4.78 is 23.8. The second-order valence-electron chi connectivity index (χ2n) is 6.90. The number of hydrogen-bond acceptors (Lipinski definition) is 6. The van der Waals surface area contributed by atoms with Crippen molar-refractivity contribution in [3.05, 3.63) is 41.3 Å². The molecule has 2 saturated carbocycles. The minimum Gasteiger partial charge on any atom is -0.454 e. The molecule has 2 aliphatic rings. The van der Waals surface area contributed by atoms with Gasteiger partial charge in [0.1, 0.15) is 5.82 Å². The molecule has 0 spiro atoms. The van der Waals surface area contributed by atoms with Crippen LogP contribution in [0.2, 0.25) is 0 Å². The highest BCUT2D eigenvalue weighted by molar-refractivity contribution is 6.02. The van der Waals surface area contributed by atoms with Crippen LogP contribution in [0.15, 0.2) is 22.7 Å². The third-order valence-electron chi connectivity index (χ3n) is 4.65. The van der Waals surface area contributed by atoms with Gasteiger partial charge in [0, 0.05) is 11.8 Å². The number of carbonyl (C=O) groups excluding carboxylic acids is 2. The Bertz CT molecular complexity index is 862. The lowest BCUT2D eigenvalue weighted by atomic mass is 10.1. The molecule has 0 saturated heterocycles. The number of benzene rings is 1. The third-order valence-corrected chi connectivity index (χ3v) is 4.65. The van der Waals surface area contributed by atoms with Gasteiger partial charge in [0.2, 0.25) is 17.6 Å². The fraction of sp³-hybridized carbons (Fsp3) is 0.444. The summed E-state index contributed by atoms with van der Waals surface area (Å²) in [6.45, 7) is 1.80. The summed E-state index contributed by atoms with van der Waals surface area (Å²) in [5.41, 5.74) is 0.185. The Labute approximate surface area is 148 Å². The lowest BCUT2D eigenvalue weighted by Crippen LogP contribution is -2.18.